The molecule has 30 heavy (non-hydrogen) atoms. The van der Waals surface area contributed by atoms with Gasteiger partial charge in [-0.25, -0.2) is 4.98 Å². The minimum Gasteiger partial charge on any atom is -0.475 e. The maximum atomic E-state index is 10.8. The van der Waals surface area contributed by atoms with Gasteiger partial charge in [0, 0.05) is 23.9 Å². The molecule has 2 atom stereocenters. The van der Waals surface area contributed by atoms with Gasteiger partial charge in [-0.1, -0.05) is 0 Å². The van der Waals surface area contributed by atoms with Gasteiger partial charge in [-0.15, -0.1) is 0 Å². The van der Waals surface area contributed by atoms with E-state index in [-0.39, 0.29) is 13.2 Å². The lowest BCUT2D eigenvalue weighted by atomic mass is 9.52. The maximum Gasteiger partial charge on any atom is 0.218 e. The van der Waals surface area contributed by atoms with E-state index in [1.165, 1.54) is 12.8 Å². The number of rotatable bonds is 8. The number of aromatic amines is 1. The monoisotopic (exact) mass is 414 g/mol. The number of aromatic nitrogens is 4. The molecule has 0 amide bonds. The molecule has 4 aliphatic rings. The van der Waals surface area contributed by atoms with Crippen LogP contribution < -0.4 is 15.4 Å². The van der Waals surface area contributed by atoms with Gasteiger partial charge in [-0.2, -0.15) is 10.1 Å². The van der Waals surface area contributed by atoms with E-state index in [1.54, 1.807) is 6.07 Å². The topological polar surface area (TPSA) is 128 Å². The lowest BCUT2D eigenvalue weighted by Gasteiger charge is -2.58. The van der Waals surface area contributed by atoms with Crippen LogP contribution in [0.1, 0.15) is 43.6 Å². The van der Waals surface area contributed by atoms with Crippen molar-refractivity contribution in [3.05, 3.63) is 23.7 Å². The number of H-pyrrole nitrogens is 1. The van der Waals surface area contributed by atoms with Crippen molar-refractivity contribution in [2.75, 3.05) is 18.5 Å². The molecule has 6 rings (SSSR count). The molecule has 4 saturated carbocycles. The van der Waals surface area contributed by atoms with Crippen LogP contribution in [0.15, 0.2) is 12.1 Å². The predicted octanol–water partition coefficient (Wildman–Crippen LogP) is 1.65. The van der Waals surface area contributed by atoms with E-state index in [0.717, 1.165) is 25.0 Å². The number of nitrogens with zero attached hydrogens (tertiary/aromatic N) is 3. The molecule has 0 aromatic carbocycles. The number of aliphatic hydroxyl groups is 2. The smallest absolute Gasteiger partial charge is 0.218 e. The third kappa shape index (κ3) is 4.01. The van der Waals surface area contributed by atoms with E-state index in [4.69, 9.17) is 9.84 Å². The summed E-state index contributed by atoms with van der Waals surface area (Å²) < 4.78 is 5.55. The molecule has 2 heterocycles. The summed E-state index contributed by atoms with van der Waals surface area (Å²) in [5.74, 6) is 4.07. The van der Waals surface area contributed by atoms with Crippen LogP contribution >= 0.6 is 0 Å². The number of nitrogens with one attached hydrogen (secondary N) is 3. The Morgan fingerprint density at radius 3 is 2.63 bits per heavy atom. The summed E-state index contributed by atoms with van der Waals surface area (Å²) in [4.78, 5) is 9.14. The third-order valence-electron chi connectivity index (χ3n) is 6.79. The standard InChI is InChI=1S/C21H30N6O3/c1-12-4-17(27-26-12)23-16-7-19(30-3-2-28)25-18(24-16)11-22-20-14-5-13-6-15(20)10-21(29,8-13)9-14/h4,7,13-15,20,22,28-29H,2-3,5-6,8-11H2,1H3,(H2,23,24,25,26,27). The highest BCUT2D eigenvalue weighted by Gasteiger charge is 2.54. The molecule has 0 saturated heterocycles. The lowest BCUT2D eigenvalue weighted by Crippen LogP contribution is -2.60. The Hall–Kier alpha value is -2.23. The number of hydrogen-bond acceptors (Lipinski definition) is 8. The Balaban J connectivity index is 1.30. The van der Waals surface area contributed by atoms with Crippen LogP contribution in [-0.2, 0) is 6.54 Å². The number of hydrogen-bond donors (Lipinski definition) is 5. The fourth-order valence-electron chi connectivity index (χ4n) is 5.98. The van der Waals surface area contributed by atoms with Gasteiger partial charge in [-0.3, -0.25) is 5.10 Å². The first kappa shape index (κ1) is 19.7. The molecule has 2 aromatic heterocycles. The molecule has 9 heteroatoms. The summed E-state index contributed by atoms with van der Waals surface area (Å²) in [6.45, 7) is 2.57. The van der Waals surface area contributed by atoms with Gasteiger partial charge in [0.05, 0.1) is 18.8 Å². The summed E-state index contributed by atoms with van der Waals surface area (Å²) in [5, 5.41) is 33.8. The zero-order valence-electron chi connectivity index (χ0n) is 17.3. The van der Waals surface area contributed by atoms with Crippen molar-refractivity contribution in [1.82, 2.24) is 25.5 Å². The van der Waals surface area contributed by atoms with E-state index >= 15 is 0 Å². The van der Waals surface area contributed by atoms with Gasteiger partial charge >= 0.3 is 0 Å². The Morgan fingerprint density at radius 2 is 1.97 bits per heavy atom. The highest BCUT2D eigenvalue weighted by atomic mass is 16.5. The normalized spacial score (nSPS) is 31.8. The second-order valence-electron chi connectivity index (χ2n) is 9.24. The van der Waals surface area contributed by atoms with Gasteiger partial charge in [0.15, 0.2) is 5.82 Å². The molecule has 0 aliphatic heterocycles. The molecule has 4 aliphatic carbocycles. The molecule has 2 aromatic rings. The van der Waals surface area contributed by atoms with E-state index in [0.29, 0.717) is 53.7 Å². The first-order valence-electron chi connectivity index (χ1n) is 10.9. The molecule has 2 unspecified atom stereocenters. The van der Waals surface area contributed by atoms with Gasteiger partial charge in [0.25, 0.3) is 0 Å². The second kappa shape index (κ2) is 7.79. The fourth-order valence-corrected chi connectivity index (χ4v) is 5.98. The van der Waals surface area contributed by atoms with Crippen LogP contribution in [0.4, 0.5) is 11.6 Å². The third-order valence-corrected chi connectivity index (χ3v) is 6.79. The number of anilines is 2. The second-order valence-corrected chi connectivity index (χ2v) is 9.24. The summed E-state index contributed by atoms with van der Waals surface area (Å²) in [6, 6.07) is 4.01. The first-order valence-corrected chi connectivity index (χ1v) is 10.9. The summed E-state index contributed by atoms with van der Waals surface area (Å²) >= 11 is 0. The van der Waals surface area contributed by atoms with Crippen molar-refractivity contribution >= 4 is 11.6 Å². The fraction of sp³-hybridized carbons (Fsp3) is 0.667. The summed E-state index contributed by atoms with van der Waals surface area (Å²) in [7, 11) is 0. The summed E-state index contributed by atoms with van der Waals surface area (Å²) in [5.41, 5.74) is 0.524. The number of ether oxygens (including phenoxy) is 1. The Labute approximate surface area is 175 Å². The van der Waals surface area contributed by atoms with Crippen molar-refractivity contribution in [1.29, 1.82) is 0 Å². The van der Waals surface area contributed by atoms with Crippen LogP contribution in [0.25, 0.3) is 0 Å². The van der Waals surface area contributed by atoms with Gasteiger partial charge in [-0.05, 0) is 56.8 Å². The van der Waals surface area contributed by atoms with Crippen LogP contribution in [-0.4, -0.2) is 55.2 Å². The highest BCUT2D eigenvalue weighted by Crippen LogP contribution is 2.55. The van der Waals surface area contributed by atoms with Crippen LogP contribution in [0.2, 0.25) is 0 Å². The highest BCUT2D eigenvalue weighted by molar-refractivity contribution is 5.52. The Bertz CT molecular complexity index is 887. The SMILES string of the molecule is Cc1cc(Nc2cc(OCCO)nc(CNC3C4CC5CC3CC(O)(C5)C4)n2)n[nH]1. The van der Waals surface area contributed by atoms with Gasteiger partial charge < -0.3 is 25.6 Å². The van der Waals surface area contributed by atoms with Crippen LogP contribution in [0, 0.1) is 24.7 Å². The van der Waals surface area contributed by atoms with Gasteiger partial charge in [0.1, 0.15) is 18.2 Å². The zero-order chi connectivity index (χ0) is 20.7. The maximum absolute atomic E-state index is 10.8. The Kier molecular flexibility index (Phi) is 5.12. The molecule has 9 nitrogen and oxygen atoms in total. The molecule has 0 spiro atoms. The average molecular weight is 415 g/mol. The number of aryl methyl sites for hydroxylation is 1. The molecule has 5 N–H and O–H groups in total. The minimum atomic E-state index is -0.429. The van der Waals surface area contributed by atoms with Crippen LogP contribution in [0.3, 0.4) is 0 Å². The molecular formula is C21H30N6O3. The molecule has 4 fully saturated rings. The molecule has 4 bridgehead atoms. The molecule has 0 radical (unpaired) electrons. The van der Waals surface area contributed by atoms with E-state index in [2.05, 4.69) is 30.8 Å². The summed E-state index contributed by atoms with van der Waals surface area (Å²) in [6.07, 6.45) is 5.22. The van der Waals surface area contributed by atoms with Gasteiger partial charge in [0.2, 0.25) is 5.88 Å². The van der Waals surface area contributed by atoms with E-state index in [9.17, 15) is 5.11 Å². The van der Waals surface area contributed by atoms with Crippen LogP contribution in [0.5, 0.6) is 5.88 Å². The van der Waals surface area contributed by atoms with E-state index < -0.39 is 5.60 Å². The van der Waals surface area contributed by atoms with Crippen molar-refractivity contribution < 1.29 is 14.9 Å². The Morgan fingerprint density at radius 1 is 1.17 bits per heavy atom. The van der Waals surface area contributed by atoms with E-state index in [1.807, 2.05) is 13.0 Å². The largest absolute Gasteiger partial charge is 0.475 e. The lowest BCUT2D eigenvalue weighted by molar-refractivity contribution is -0.138. The quantitative estimate of drug-likeness (QED) is 0.441. The number of aliphatic hydroxyl groups excluding tert-OH is 1. The average Bonchev–Trinajstić information content (AvgIpc) is 3.09. The minimum absolute atomic E-state index is 0.0750. The zero-order valence-corrected chi connectivity index (χ0v) is 17.3. The molecule has 162 valence electrons. The van der Waals surface area contributed by atoms with Crippen molar-refractivity contribution in [3.63, 3.8) is 0 Å². The first-order chi connectivity index (χ1) is 14.5. The van der Waals surface area contributed by atoms with Crippen molar-refractivity contribution in [3.8, 4) is 5.88 Å². The van der Waals surface area contributed by atoms with Crippen molar-refractivity contribution in [2.45, 2.75) is 57.2 Å². The molecular weight excluding hydrogens is 384 g/mol. The van der Waals surface area contributed by atoms with Crippen molar-refractivity contribution in [2.24, 2.45) is 17.8 Å². The predicted molar refractivity (Wildman–Crippen MR) is 110 cm³/mol.